The number of rotatable bonds is 16. The third kappa shape index (κ3) is 8.60. The number of benzene rings is 1. The zero-order valence-corrected chi connectivity index (χ0v) is 23.4. The Morgan fingerprint density at radius 2 is 1.33 bits per heavy atom. The summed E-state index contributed by atoms with van der Waals surface area (Å²) in [5.41, 5.74) is 8.00. The van der Waals surface area contributed by atoms with Gasteiger partial charge in [0.1, 0.15) is 0 Å². The molecule has 0 aromatic heterocycles. The van der Waals surface area contributed by atoms with Crippen LogP contribution < -0.4 is 0 Å². The predicted molar refractivity (Wildman–Crippen MR) is 150 cm³/mol. The molecule has 188 valence electrons. The average molecular weight is 453 g/mol. The van der Waals surface area contributed by atoms with E-state index in [1.165, 1.54) is 95.5 Å². The third-order valence-electron chi connectivity index (χ3n) is 8.57. The maximum atomic E-state index is 2.56. The van der Waals surface area contributed by atoms with Crippen LogP contribution >= 0.6 is 0 Å². The molecule has 0 nitrogen and oxygen atoms in total. The second-order valence-electron chi connectivity index (χ2n) is 11.4. The molecule has 4 unspecified atom stereocenters. The van der Waals surface area contributed by atoms with Crippen molar-refractivity contribution < 1.29 is 0 Å². The van der Waals surface area contributed by atoms with Crippen molar-refractivity contribution in [1.82, 2.24) is 0 Å². The molecule has 1 aromatic rings. The summed E-state index contributed by atoms with van der Waals surface area (Å²) in [5.74, 6) is 3.21. The van der Waals surface area contributed by atoms with Crippen LogP contribution in [0.1, 0.15) is 153 Å². The van der Waals surface area contributed by atoms with Crippen LogP contribution in [-0.4, -0.2) is 0 Å². The fraction of sp³-hybridized carbons (Fsp3) is 0.758. The summed E-state index contributed by atoms with van der Waals surface area (Å²) in [6.45, 7) is 16.6. The highest BCUT2D eigenvalue weighted by Gasteiger charge is 2.29. The lowest BCUT2D eigenvalue weighted by Gasteiger charge is -2.34. The Labute approximate surface area is 208 Å². The molecule has 33 heavy (non-hydrogen) atoms. The number of hydrogen-bond donors (Lipinski definition) is 0. The van der Waals surface area contributed by atoms with E-state index in [1.807, 2.05) is 0 Å². The molecule has 0 heteroatoms. The Morgan fingerprint density at radius 1 is 0.727 bits per heavy atom. The topological polar surface area (TPSA) is 0 Å². The van der Waals surface area contributed by atoms with E-state index in [0.29, 0.717) is 11.8 Å². The zero-order valence-electron chi connectivity index (χ0n) is 23.4. The first-order chi connectivity index (χ1) is 15.9. The molecular weight excluding hydrogens is 396 g/mol. The molecule has 0 bridgehead atoms. The number of fused-ring (bicyclic) bond motifs is 1. The van der Waals surface area contributed by atoms with Gasteiger partial charge in [0.05, 0.1) is 0 Å². The second-order valence-corrected chi connectivity index (χ2v) is 11.4. The molecule has 0 radical (unpaired) electrons. The second kappa shape index (κ2) is 15.1. The van der Waals surface area contributed by atoms with E-state index in [0.717, 1.165) is 11.8 Å². The van der Waals surface area contributed by atoms with Crippen LogP contribution in [0.15, 0.2) is 17.7 Å². The summed E-state index contributed by atoms with van der Waals surface area (Å²) in [6, 6.07) is 5.06. The first-order valence-corrected chi connectivity index (χ1v) is 14.8. The van der Waals surface area contributed by atoms with Crippen LogP contribution in [0, 0.1) is 24.7 Å². The van der Waals surface area contributed by atoms with Crippen molar-refractivity contribution in [2.24, 2.45) is 17.8 Å². The van der Waals surface area contributed by atoms with Crippen LogP contribution in [-0.2, 0) is 6.42 Å². The summed E-state index contributed by atoms with van der Waals surface area (Å²) in [7, 11) is 0. The van der Waals surface area contributed by atoms with E-state index in [-0.39, 0.29) is 0 Å². The maximum Gasteiger partial charge on any atom is -0.00927 e. The summed E-state index contributed by atoms with van der Waals surface area (Å²) < 4.78 is 0. The fourth-order valence-corrected chi connectivity index (χ4v) is 6.39. The Morgan fingerprint density at radius 3 is 1.91 bits per heavy atom. The van der Waals surface area contributed by atoms with Crippen molar-refractivity contribution in [1.29, 1.82) is 0 Å². The Bertz CT molecular complexity index is 709. The van der Waals surface area contributed by atoms with Crippen molar-refractivity contribution >= 4 is 6.08 Å². The van der Waals surface area contributed by atoms with Gasteiger partial charge in [-0.15, -0.1) is 0 Å². The molecule has 0 heterocycles. The first-order valence-electron chi connectivity index (χ1n) is 14.8. The minimum absolute atomic E-state index is 0.679. The van der Waals surface area contributed by atoms with Crippen LogP contribution in [0.4, 0.5) is 0 Å². The molecule has 0 aliphatic heterocycles. The fourth-order valence-electron chi connectivity index (χ4n) is 6.39. The van der Waals surface area contributed by atoms with Gasteiger partial charge in [-0.05, 0) is 79.9 Å². The number of allylic oxidation sites excluding steroid dienone is 1. The van der Waals surface area contributed by atoms with Gasteiger partial charge in [0, 0.05) is 0 Å². The van der Waals surface area contributed by atoms with Crippen molar-refractivity contribution in [2.45, 2.75) is 144 Å². The summed E-state index contributed by atoms with van der Waals surface area (Å²) in [6.07, 6.45) is 21.8. The standard InChI is InChI=1S/C33H56/c1-8-12-16-28(14-10-3)18-20-30-22-25(5)23-33-31(27(7)26(6)24-32(30)33)21-19-29(15-11-4)17-13-9-2/h22-24,27-29,31H,8-21H2,1-7H3. The number of aryl methyl sites for hydroxylation is 2. The van der Waals surface area contributed by atoms with Gasteiger partial charge in [-0.25, -0.2) is 0 Å². The highest BCUT2D eigenvalue weighted by Crippen LogP contribution is 2.44. The van der Waals surface area contributed by atoms with Gasteiger partial charge in [0.2, 0.25) is 0 Å². The van der Waals surface area contributed by atoms with Crippen molar-refractivity contribution in [3.63, 3.8) is 0 Å². The summed E-state index contributed by atoms with van der Waals surface area (Å²) in [5, 5.41) is 0. The lowest BCUT2D eigenvalue weighted by molar-refractivity contribution is 0.355. The Balaban J connectivity index is 2.22. The zero-order chi connectivity index (χ0) is 24.2. The Hall–Kier alpha value is -1.04. The molecule has 1 aliphatic rings. The van der Waals surface area contributed by atoms with Crippen LogP contribution in [0.25, 0.3) is 6.08 Å². The van der Waals surface area contributed by atoms with E-state index in [2.05, 4.69) is 66.7 Å². The average Bonchev–Trinajstić information content (AvgIpc) is 2.79. The molecule has 0 spiro atoms. The summed E-state index contributed by atoms with van der Waals surface area (Å²) >= 11 is 0. The highest BCUT2D eigenvalue weighted by molar-refractivity contribution is 5.65. The van der Waals surface area contributed by atoms with Crippen LogP contribution in [0.3, 0.4) is 0 Å². The largest absolute Gasteiger partial charge is 0.0693 e. The lowest BCUT2D eigenvalue weighted by atomic mass is 9.71. The van der Waals surface area contributed by atoms with Gasteiger partial charge in [-0.2, -0.15) is 0 Å². The van der Waals surface area contributed by atoms with Gasteiger partial charge in [0.25, 0.3) is 0 Å². The minimum atomic E-state index is 0.679. The predicted octanol–water partition coefficient (Wildman–Crippen LogP) is 11.1. The smallest absolute Gasteiger partial charge is 0.00927 e. The van der Waals surface area contributed by atoms with Crippen LogP contribution in [0.5, 0.6) is 0 Å². The van der Waals surface area contributed by atoms with E-state index in [4.69, 9.17) is 0 Å². The maximum absolute atomic E-state index is 2.56. The van der Waals surface area contributed by atoms with E-state index < -0.39 is 0 Å². The van der Waals surface area contributed by atoms with Gasteiger partial charge in [-0.1, -0.05) is 128 Å². The molecule has 2 rings (SSSR count). The van der Waals surface area contributed by atoms with Gasteiger partial charge in [-0.3, -0.25) is 0 Å². The molecule has 0 fully saturated rings. The van der Waals surface area contributed by atoms with E-state index in [1.54, 1.807) is 22.3 Å². The first kappa shape index (κ1) is 28.2. The van der Waals surface area contributed by atoms with Gasteiger partial charge >= 0.3 is 0 Å². The van der Waals surface area contributed by atoms with Crippen molar-refractivity contribution in [2.75, 3.05) is 0 Å². The minimum Gasteiger partial charge on any atom is -0.0693 e. The Kier molecular flexibility index (Phi) is 12.9. The molecule has 0 saturated carbocycles. The van der Waals surface area contributed by atoms with Gasteiger partial charge < -0.3 is 0 Å². The third-order valence-corrected chi connectivity index (χ3v) is 8.57. The van der Waals surface area contributed by atoms with Crippen molar-refractivity contribution in [3.8, 4) is 0 Å². The molecule has 0 N–H and O–H groups in total. The van der Waals surface area contributed by atoms with E-state index >= 15 is 0 Å². The highest BCUT2D eigenvalue weighted by atomic mass is 14.3. The molecule has 1 aromatic carbocycles. The molecule has 4 atom stereocenters. The molecule has 0 amide bonds. The quantitative estimate of drug-likeness (QED) is 0.234. The lowest BCUT2D eigenvalue weighted by Crippen LogP contribution is -2.19. The molecular formula is C33H56. The summed E-state index contributed by atoms with van der Waals surface area (Å²) in [4.78, 5) is 0. The van der Waals surface area contributed by atoms with Gasteiger partial charge in [0.15, 0.2) is 0 Å². The van der Waals surface area contributed by atoms with Crippen LogP contribution in [0.2, 0.25) is 0 Å². The number of unbranched alkanes of at least 4 members (excludes halogenated alkanes) is 2. The number of hydrogen-bond acceptors (Lipinski definition) is 0. The van der Waals surface area contributed by atoms with E-state index in [9.17, 15) is 0 Å². The SMILES string of the molecule is CCCCC(CCC)CCc1cc(C)cc2c1C=C(C)C(C)C2CCC(CCC)CCCC. The normalized spacial score (nSPS) is 19.8. The van der Waals surface area contributed by atoms with Crippen molar-refractivity contribution in [3.05, 3.63) is 40.0 Å². The molecule has 0 saturated heterocycles. The molecule has 1 aliphatic carbocycles. The monoisotopic (exact) mass is 452 g/mol.